The van der Waals surface area contributed by atoms with Crippen LogP contribution in [0.25, 0.3) is 0 Å². The van der Waals surface area contributed by atoms with Crippen LogP contribution in [0.1, 0.15) is 130 Å². The lowest BCUT2D eigenvalue weighted by atomic mass is 9.57. The Kier molecular flexibility index (Phi) is 7.75. The molecule has 5 rings (SSSR count). The Hall–Kier alpha value is -3.55. The summed E-state index contributed by atoms with van der Waals surface area (Å²) in [6.07, 6.45) is 0. The summed E-state index contributed by atoms with van der Waals surface area (Å²) in [6, 6.07) is 0. The van der Waals surface area contributed by atoms with Crippen molar-refractivity contribution in [1.29, 1.82) is 0 Å². The molecule has 1 aromatic rings. The number of carbonyl (C=O) groups is 5. The van der Waals surface area contributed by atoms with Crippen molar-refractivity contribution in [2.45, 2.75) is 109 Å². The minimum absolute atomic E-state index is 0.177. The minimum Gasteiger partial charge on any atom is -0.495 e. The molecule has 47 heavy (non-hydrogen) atoms. The first kappa shape index (κ1) is 34.8. The fourth-order valence-electron chi connectivity index (χ4n) is 8.51. The van der Waals surface area contributed by atoms with Gasteiger partial charge < -0.3 is 14.2 Å². The molecule has 0 unspecified atom stereocenters. The van der Waals surface area contributed by atoms with E-state index in [1.807, 2.05) is 27.7 Å². The van der Waals surface area contributed by atoms with E-state index in [1.165, 1.54) is 7.11 Å². The Morgan fingerprint density at radius 1 is 0.617 bits per heavy atom. The van der Waals surface area contributed by atoms with Gasteiger partial charge in [-0.3, -0.25) is 24.0 Å². The van der Waals surface area contributed by atoms with E-state index in [2.05, 4.69) is 0 Å². The first-order chi connectivity index (χ1) is 21.4. The fourth-order valence-corrected chi connectivity index (χ4v) is 8.51. The first-order valence-electron chi connectivity index (χ1n) is 16.8. The van der Waals surface area contributed by atoms with Crippen LogP contribution < -0.4 is 14.2 Å². The maximum Gasteiger partial charge on any atom is 0.175 e. The summed E-state index contributed by atoms with van der Waals surface area (Å²) in [5.74, 6) is -2.19. The summed E-state index contributed by atoms with van der Waals surface area (Å²) in [5, 5.41) is 0. The van der Waals surface area contributed by atoms with E-state index in [-0.39, 0.29) is 69.3 Å². The van der Waals surface area contributed by atoms with Crippen molar-refractivity contribution in [3.05, 3.63) is 39.4 Å². The summed E-state index contributed by atoms with van der Waals surface area (Å²) >= 11 is 0. The van der Waals surface area contributed by atoms with Crippen molar-refractivity contribution in [3.8, 4) is 17.2 Å². The van der Waals surface area contributed by atoms with Gasteiger partial charge in [0.15, 0.2) is 28.9 Å². The topological polar surface area (TPSA) is 113 Å². The smallest absolute Gasteiger partial charge is 0.175 e. The van der Waals surface area contributed by atoms with Gasteiger partial charge in [0, 0.05) is 40.0 Å². The molecule has 2 aliphatic heterocycles. The molecule has 2 aliphatic carbocycles. The zero-order chi connectivity index (χ0) is 35.7. The average Bonchev–Trinajstić information content (AvgIpc) is 2.98. The third-order valence-corrected chi connectivity index (χ3v) is 10.9. The van der Waals surface area contributed by atoms with Crippen LogP contribution in [0.15, 0.2) is 22.7 Å². The van der Waals surface area contributed by atoms with Gasteiger partial charge in [-0.2, -0.15) is 0 Å². The highest BCUT2D eigenvalue weighted by Crippen LogP contribution is 2.64. The Morgan fingerprint density at radius 2 is 1.00 bits per heavy atom. The van der Waals surface area contributed by atoms with Gasteiger partial charge in [0.05, 0.1) is 28.8 Å². The molecule has 0 N–H and O–H groups in total. The third-order valence-electron chi connectivity index (χ3n) is 10.9. The van der Waals surface area contributed by atoms with Gasteiger partial charge in [-0.25, -0.2) is 0 Å². The maximum absolute atomic E-state index is 14.4. The van der Waals surface area contributed by atoms with Gasteiger partial charge >= 0.3 is 0 Å². The van der Waals surface area contributed by atoms with Crippen LogP contribution in [0.2, 0.25) is 0 Å². The number of benzene rings is 1. The van der Waals surface area contributed by atoms with Gasteiger partial charge in [0.2, 0.25) is 0 Å². The second-order valence-electron chi connectivity index (χ2n) is 16.9. The predicted molar refractivity (Wildman–Crippen MR) is 178 cm³/mol. The molecule has 254 valence electrons. The summed E-state index contributed by atoms with van der Waals surface area (Å²) in [7, 11) is 1.48. The molecule has 0 spiro atoms. The van der Waals surface area contributed by atoms with Crippen molar-refractivity contribution in [2.24, 2.45) is 39.4 Å². The number of fused-ring (bicyclic) bond motifs is 3. The van der Waals surface area contributed by atoms with Crippen molar-refractivity contribution in [3.63, 3.8) is 0 Å². The summed E-state index contributed by atoms with van der Waals surface area (Å²) in [6.45, 7) is 25.2. The minimum atomic E-state index is -1.31. The van der Waals surface area contributed by atoms with E-state index in [9.17, 15) is 24.0 Å². The number of methoxy groups -OCH3 is 1. The van der Waals surface area contributed by atoms with Gasteiger partial charge in [-0.1, -0.05) is 41.5 Å². The Balaban J connectivity index is 2.01. The zero-order valence-electron chi connectivity index (χ0n) is 30.7. The summed E-state index contributed by atoms with van der Waals surface area (Å²) < 4.78 is 19.8. The average molecular weight is 647 g/mol. The number of hydrogen-bond donors (Lipinski definition) is 0. The molecular formula is C39H50O8. The normalized spacial score (nSPS) is 25.3. The summed E-state index contributed by atoms with van der Waals surface area (Å²) in [4.78, 5) is 70.8. The van der Waals surface area contributed by atoms with Crippen molar-refractivity contribution in [2.75, 3.05) is 7.11 Å². The molecule has 0 fully saturated rings. The van der Waals surface area contributed by atoms with Crippen LogP contribution in [0.4, 0.5) is 0 Å². The van der Waals surface area contributed by atoms with Gasteiger partial charge in [0.1, 0.15) is 34.3 Å². The molecule has 0 aromatic heterocycles. The predicted octanol–water partition coefficient (Wildman–Crippen LogP) is 7.71. The zero-order valence-corrected chi connectivity index (χ0v) is 30.7. The van der Waals surface area contributed by atoms with E-state index in [1.54, 1.807) is 69.2 Å². The van der Waals surface area contributed by atoms with Crippen LogP contribution in [0.3, 0.4) is 0 Å². The third kappa shape index (κ3) is 4.34. The lowest BCUT2D eigenvalue weighted by Crippen LogP contribution is -2.53. The number of Topliss-reactive ketones (excluding diaryl/α,β-unsaturated/α-hetero) is 5. The molecule has 0 amide bonds. The molecule has 2 atom stereocenters. The van der Waals surface area contributed by atoms with E-state index >= 15 is 0 Å². The largest absolute Gasteiger partial charge is 0.495 e. The summed E-state index contributed by atoms with van der Waals surface area (Å²) in [5.41, 5.74) is -2.91. The lowest BCUT2D eigenvalue weighted by molar-refractivity contribution is -0.146. The van der Waals surface area contributed by atoms with Crippen molar-refractivity contribution < 1.29 is 38.2 Å². The number of carbonyl (C=O) groups excluding carboxylic acids is 5. The van der Waals surface area contributed by atoms with Crippen molar-refractivity contribution >= 4 is 28.9 Å². The molecule has 0 bridgehead atoms. The lowest BCUT2D eigenvalue weighted by Gasteiger charge is -2.49. The molecule has 8 heteroatoms. The molecule has 1 aromatic carbocycles. The first-order valence-corrected chi connectivity index (χ1v) is 16.8. The fraction of sp³-hybridized carbons (Fsp3) is 0.615. The highest BCUT2D eigenvalue weighted by atomic mass is 16.5. The molecule has 0 radical (unpaired) electrons. The number of ether oxygens (including phenoxy) is 3. The maximum atomic E-state index is 14.4. The Labute approximate surface area is 278 Å². The molecule has 4 aliphatic rings. The van der Waals surface area contributed by atoms with E-state index < -0.39 is 39.4 Å². The van der Waals surface area contributed by atoms with E-state index in [4.69, 9.17) is 14.2 Å². The molecule has 8 nitrogen and oxygen atoms in total. The second-order valence-corrected chi connectivity index (χ2v) is 16.9. The van der Waals surface area contributed by atoms with Crippen LogP contribution in [0, 0.1) is 39.4 Å². The van der Waals surface area contributed by atoms with Crippen LogP contribution >= 0.6 is 0 Å². The van der Waals surface area contributed by atoms with Crippen molar-refractivity contribution in [1.82, 2.24) is 0 Å². The second kappa shape index (κ2) is 10.5. The highest BCUT2D eigenvalue weighted by molar-refractivity contribution is 6.21. The molecule has 0 saturated carbocycles. The SMILES string of the molecule is COc1c(C(=O)C(C)C)c2c(c3c1[C@@H](C(C)C)C1=C(O3)C(C)(C)C(=O)C(C)(C)C1=O)[C@H](C(C)C)C1=C(O2)C(C)(C)C(=O)C(C)(C)C1=O. The Bertz CT molecular complexity index is 1740. The van der Waals surface area contributed by atoms with E-state index in [0.29, 0.717) is 28.0 Å². The van der Waals surface area contributed by atoms with Gasteiger partial charge in [-0.15, -0.1) is 0 Å². The number of ketones is 5. The number of rotatable bonds is 5. The standard InChI is InChI=1S/C39H50O8/c1-16(2)19-21-27(45-15)25(26(40)18(5)6)29-22(28(21)46-32-23(19)30(41)36(7,8)34(43)38(32,11)12)20(17(3)4)24-31(42)37(9,10)35(44)39(13,14)33(24)47-29/h16-20H,1-15H3/t19-,20+/m1/s1. The molecular weight excluding hydrogens is 596 g/mol. The van der Waals surface area contributed by atoms with Crippen LogP contribution in [-0.4, -0.2) is 36.0 Å². The quantitative estimate of drug-likeness (QED) is 0.236. The van der Waals surface area contributed by atoms with Crippen LogP contribution in [0.5, 0.6) is 17.2 Å². The van der Waals surface area contributed by atoms with E-state index in [0.717, 1.165) is 0 Å². The number of allylic oxidation sites excluding steroid dienone is 4. The molecule has 0 saturated heterocycles. The Morgan fingerprint density at radius 3 is 1.36 bits per heavy atom. The highest BCUT2D eigenvalue weighted by Gasteiger charge is 2.61. The van der Waals surface area contributed by atoms with Crippen LogP contribution in [-0.2, 0) is 19.2 Å². The van der Waals surface area contributed by atoms with Gasteiger partial charge in [0.25, 0.3) is 0 Å². The monoisotopic (exact) mass is 646 g/mol. The van der Waals surface area contributed by atoms with Gasteiger partial charge in [-0.05, 0) is 67.2 Å². The molecule has 2 heterocycles. The number of hydrogen-bond acceptors (Lipinski definition) is 8.